The van der Waals surface area contributed by atoms with E-state index in [0.29, 0.717) is 12.1 Å². The van der Waals surface area contributed by atoms with Crippen LogP contribution in [0.4, 0.5) is 10.5 Å². The van der Waals surface area contributed by atoms with Gasteiger partial charge in [0.1, 0.15) is 5.78 Å². The molecule has 0 aliphatic heterocycles. The van der Waals surface area contributed by atoms with Gasteiger partial charge in [-0.25, -0.2) is 4.79 Å². The summed E-state index contributed by atoms with van der Waals surface area (Å²) in [6.07, 6.45) is 2.46. The van der Waals surface area contributed by atoms with Gasteiger partial charge in [0.2, 0.25) is 0 Å². The molecule has 150 valence electrons. The number of carbonyl (C=O) groups excluding carboxylic acids is 3. The molecular formula is C22H22BrN3O3. The third-order valence-electron chi connectivity index (χ3n) is 4.62. The van der Waals surface area contributed by atoms with Crippen LogP contribution in [0.15, 0.2) is 59.2 Å². The summed E-state index contributed by atoms with van der Waals surface area (Å²) in [6.45, 7) is 1.45. The van der Waals surface area contributed by atoms with Gasteiger partial charge in [0.05, 0.1) is 6.04 Å². The van der Waals surface area contributed by atoms with Crippen LogP contribution in [-0.4, -0.2) is 28.6 Å². The van der Waals surface area contributed by atoms with E-state index in [1.165, 1.54) is 6.92 Å². The number of carbonyl (C=O) groups is 3. The molecule has 0 bridgehead atoms. The fourth-order valence-electron chi connectivity index (χ4n) is 3.10. The Bertz CT molecular complexity index is 1030. The van der Waals surface area contributed by atoms with Crippen LogP contribution in [0.2, 0.25) is 0 Å². The summed E-state index contributed by atoms with van der Waals surface area (Å²) in [5.41, 5.74) is 2.52. The minimum absolute atomic E-state index is 0.0523. The van der Waals surface area contributed by atoms with Crippen LogP contribution in [0.25, 0.3) is 10.9 Å². The average molecular weight is 456 g/mol. The molecule has 2 amide bonds. The first-order valence-electron chi connectivity index (χ1n) is 9.32. The van der Waals surface area contributed by atoms with Crippen molar-refractivity contribution in [1.82, 2.24) is 10.3 Å². The Morgan fingerprint density at radius 1 is 1.03 bits per heavy atom. The number of hydrogen-bond donors (Lipinski definition) is 3. The van der Waals surface area contributed by atoms with Crippen molar-refractivity contribution in [2.75, 3.05) is 5.32 Å². The summed E-state index contributed by atoms with van der Waals surface area (Å²) >= 11 is 3.35. The average Bonchev–Trinajstić information content (AvgIpc) is 3.10. The number of hydrogen-bond acceptors (Lipinski definition) is 3. The number of nitrogens with one attached hydrogen (secondary N) is 3. The van der Waals surface area contributed by atoms with Gasteiger partial charge < -0.3 is 20.4 Å². The summed E-state index contributed by atoms with van der Waals surface area (Å²) in [5, 5.41) is 6.51. The Balaban J connectivity index is 1.74. The first-order chi connectivity index (χ1) is 13.9. The molecule has 1 heterocycles. The maximum Gasteiger partial charge on any atom is 0.319 e. The fraction of sp³-hybridized carbons (Fsp3) is 0.227. The molecule has 0 aliphatic rings. The van der Waals surface area contributed by atoms with Crippen molar-refractivity contribution in [2.24, 2.45) is 0 Å². The summed E-state index contributed by atoms with van der Waals surface area (Å²) in [7, 11) is 0. The zero-order chi connectivity index (χ0) is 20.8. The molecule has 6 nitrogen and oxygen atoms in total. The second-order valence-corrected chi connectivity index (χ2v) is 7.81. The van der Waals surface area contributed by atoms with E-state index in [-0.39, 0.29) is 24.4 Å². The highest BCUT2D eigenvalue weighted by molar-refractivity contribution is 9.10. The fourth-order valence-corrected chi connectivity index (χ4v) is 3.36. The van der Waals surface area contributed by atoms with E-state index < -0.39 is 12.1 Å². The van der Waals surface area contributed by atoms with Crippen molar-refractivity contribution in [3.05, 3.63) is 64.8 Å². The molecule has 3 N–H and O–H groups in total. The second kappa shape index (κ2) is 9.52. The summed E-state index contributed by atoms with van der Waals surface area (Å²) in [4.78, 5) is 39.7. The van der Waals surface area contributed by atoms with Crippen LogP contribution < -0.4 is 10.6 Å². The van der Waals surface area contributed by atoms with Gasteiger partial charge in [-0.3, -0.25) is 4.79 Å². The van der Waals surface area contributed by atoms with Gasteiger partial charge in [0.15, 0.2) is 5.78 Å². The molecule has 0 saturated heterocycles. The molecular weight excluding hydrogens is 434 g/mol. The zero-order valence-electron chi connectivity index (χ0n) is 16.0. The molecule has 1 atom stereocenters. The lowest BCUT2D eigenvalue weighted by Gasteiger charge is -2.18. The zero-order valence-corrected chi connectivity index (χ0v) is 17.6. The van der Waals surface area contributed by atoms with Crippen molar-refractivity contribution in [3.8, 4) is 0 Å². The van der Waals surface area contributed by atoms with E-state index in [4.69, 9.17) is 0 Å². The largest absolute Gasteiger partial charge is 0.361 e. The van der Waals surface area contributed by atoms with E-state index in [2.05, 4.69) is 31.5 Å². The monoisotopic (exact) mass is 455 g/mol. The van der Waals surface area contributed by atoms with E-state index in [9.17, 15) is 14.4 Å². The number of fused-ring (bicyclic) bond motifs is 1. The number of anilines is 1. The number of aromatic nitrogens is 1. The first-order valence-corrected chi connectivity index (χ1v) is 10.1. The van der Waals surface area contributed by atoms with Gasteiger partial charge >= 0.3 is 6.03 Å². The molecule has 0 spiro atoms. The number of amides is 2. The smallest absolute Gasteiger partial charge is 0.319 e. The van der Waals surface area contributed by atoms with Gasteiger partial charge in [0, 0.05) is 46.5 Å². The van der Waals surface area contributed by atoms with Crippen molar-refractivity contribution in [1.29, 1.82) is 0 Å². The number of H-pyrrole nitrogens is 1. The summed E-state index contributed by atoms with van der Waals surface area (Å²) < 4.78 is 0.903. The van der Waals surface area contributed by atoms with Crippen molar-refractivity contribution in [2.45, 2.75) is 32.2 Å². The summed E-state index contributed by atoms with van der Waals surface area (Å²) in [6, 6.07) is 13.7. The summed E-state index contributed by atoms with van der Waals surface area (Å²) in [5.74, 6) is -0.222. The Hall–Kier alpha value is -2.93. The molecule has 0 fully saturated rings. The number of benzene rings is 2. The molecule has 2 aromatic carbocycles. The molecule has 0 saturated carbocycles. The molecule has 0 unspecified atom stereocenters. The Morgan fingerprint density at radius 3 is 2.48 bits per heavy atom. The van der Waals surface area contributed by atoms with Gasteiger partial charge in [-0.2, -0.15) is 0 Å². The lowest BCUT2D eigenvalue weighted by atomic mass is 9.98. The highest BCUT2D eigenvalue weighted by Gasteiger charge is 2.22. The van der Waals surface area contributed by atoms with Gasteiger partial charge in [-0.15, -0.1) is 0 Å². The van der Waals surface area contributed by atoms with Crippen LogP contribution in [0, 0.1) is 0 Å². The topological polar surface area (TPSA) is 91.1 Å². The molecule has 7 heteroatoms. The van der Waals surface area contributed by atoms with E-state index in [1.54, 1.807) is 12.1 Å². The SMILES string of the molecule is CC(=O)CCC(=O)[C@H](Cc1c[nH]c2ccccc12)NC(=O)Nc1ccc(Br)cc1. The first kappa shape index (κ1) is 20.8. The maximum atomic E-state index is 12.7. The number of aromatic amines is 1. The Labute approximate surface area is 177 Å². The number of para-hydroxylation sites is 1. The second-order valence-electron chi connectivity index (χ2n) is 6.89. The highest BCUT2D eigenvalue weighted by Crippen LogP contribution is 2.20. The lowest BCUT2D eigenvalue weighted by molar-refractivity contribution is -0.124. The third-order valence-corrected chi connectivity index (χ3v) is 5.15. The molecule has 1 aromatic heterocycles. The quantitative estimate of drug-likeness (QED) is 0.463. The van der Waals surface area contributed by atoms with Crippen LogP contribution in [0.3, 0.4) is 0 Å². The van der Waals surface area contributed by atoms with Crippen molar-refractivity contribution < 1.29 is 14.4 Å². The van der Waals surface area contributed by atoms with E-state index >= 15 is 0 Å². The van der Waals surface area contributed by atoms with E-state index in [1.807, 2.05) is 42.6 Å². The lowest BCUT2D eigenvalue weighted by Crippen LogP contribution is -2.44. The number of halogens is 1. The van der Waals surface area contributed by atoms with Crippen LogP contribution in [-0.2, 0) is 16.0 Å². The van der Waals surface area contributed by atoms with Crippen molar-refractivity contribution in [3.63, 3.8) is 0 Å². The Morgan fingerprint density at radius 2 is 1.76 bits per heavy atom. The normalized spacial score (nSPS) is 11.8. The maximum absolute atomic E-state index is 12.7. The predicted molar refractivity (Wildman–Crippen MR) is 117 cm³/mol. The van der Waals surface area contributed by atoms with Crippen molar-refractivity contribution >= 4 is 50.1 Å². The standard InChI is InChI=1S/C22H22BrN3O3/c1-14(27)6-11-21(28)20(12-15-13-24-19-5-3-2-4-18(15)19)26-22(29)25-17-9-7-16(23)8-10-17/h2-5,7-10,13,20,24H,6,11-12H2,1H3,(H2,25,26,29)/t20-/m0/s1. The molecule has 29 heavy (non-hydrogen) atoms. The van der Waals surface area contributed by atoms with Crippen LogP contribution in [0.1, 0.15) is 25.3 Å². The minimum Gasteiger partial charge on any atom is -0.361 e. The third kappa shape index (κ3) is 5.77. The molecule has 0 radical (unpaired) electrons. The molecule has 0 aliphatic carbocycles. The van der Waals surface area contributed by atoms with Gasteiger partial charge in [-0.05, 0) is 42.8 Å². The van der Waals surface area contributed by atoms with Crippen LogP contribution >= 0.6 is 15.9 Å². The van der Waals surface area contributed by atoms with Gasteiger partial charge in [0.25, 0.3) is 0 Å². The number of ketones is 2. The van der Waals surface area contributed by atoms with Crippen LogP contribution in [0.5, 0.6) is 0 Å². The molecule has 3 aromatic rings. The Kier molecular flexibility index (Phi) is 6.82. The highest BCUT2D eigenvalue weighted by atomic mass is 79.9. The minimum atomic E-state index is -0.732. The van der Waals surface area contributed by atoms with Gasteiger partial charge in [-0.1, -0.05) is 34.1 Å². The molecule has 3 rings (SSSR count). The number of urea groups is 1. The number of Topliss-reactive ketones (excluding diaryl/α,β-unsaturated/α-hetero) is 2. The predicted octanol–water partition coefficient (Wildman–Crippen LogP) is 4.60. The number of rotatable bonds is 8. The van der Waals surface area contributed by atoms with E-state index in [0.717, 1.165) is 20.9 Å².